The average Bonchev–Trinajstić information content (AvgIpc) is 2.68. The lowest BCUT2D eigenvalue weighted by Crippen LogP contribution is -1.98. The highest BCUT2D eigenvalue weighted by atomic mass is 19.1. The number of carboxylic acid groups (broad SMARTS) is 1. The van der Waals surface area contributed by atoms with Gasteiger partial charge in [0.1, 0.15) is 11.5 Å². The van der Waals surface area contributed by atoms with Crippen LogP contribution in [-0.2, 0) is 11.2 Å². The van der Waals surface area contributed by atoms with Gasteiger partial charge >= 0.3 is 5.97 Å². The van der Waals surface area contributed by atoms with Crippen LogP contribution in [0.2, 0.25) is 0 Å². The fraction of sp³-hybridized carbons (Fsp3) is 0.231. The van der Waals surface area contributed by atoms with Gasteiger partial charge < -0.3 is 5.11 Å². The number of hydrogen-bond donors (Lipinski definition) is 1. The number of hydrogen-bond acceptors (Lipinski definition) is 2. The number of carbonyl (C=O) groups is 1. The summed E-state index contributed by atoms with van der Waals surface area (Å²) < 4.78 is 15.0. The number of aliphatic carboxylic acids is 1. The van der Waals surface area contributed by atoms with Crippen LogP contribution < -0.4 is 0 Å². The molecule has 2 rings (SSSR count). The van der Waals surface area contributed by atoms with E-state index in [4.69, 9.17) is 5.11 Å². The van der Waals surface area contributed by atoms with Gasteiger partial charge in [0.05, 0.1) is 5.69 Å². The van der Waals surface area contributed by atoms with E-state index in [9.17, 15) is 9.18 Å². The Morgan fingerprint density at radius 3 is 2.83 bits per heavy atom. The number of aromatic nitrogens is 2. The molecule has 1 aromatic heterocycles. The van der Waals surface area contributed by atoms with E-state index in [1.54, 1.807) is 31.3 Å². The predicted octanol–water partition coefficient (Wildman–Crippen LogP) is 2.34. The zero-order chi connectivity index (χ0) is 13.1. The summed E-state index contributed by atoms with van der Waals surface area (Å²) in [5.41, 5.74) is 1.90. The highest BCUT2D eigenvalue weighted by molar-refractivity contribution is 5.67. The maximum absolute atomic E-state index is 13.6. The number of benzene rings is 1. The van der Waals surface area contributed by atoms with Crippen molar-refractivity contribution in [1.82, 2.24) is 9.78 Å². The van der Waals surface area contributed by atoms with Gasteiger partial charge in [-0.3, -0.25) is 4.79 Å². The Labute approximate surface area is 104 Å². The van der Waals surface area contributed by atoms with Crippen molar-refractivity contribution in [2.75, 3.05) is 0 Å². The Bertz CT molecular complexity index is 578. The Morgan fingerprint density at radius 1 is 1.44 bits per heavy atom. The van der Waals surface area contributed by atoms with Gasteiger partial charge in [-0.05, 0) is 31.0 Å². The molecule has 5 heteroatoms. The molecule has 18 heavy (non-hydrogen) atoms. The van der Waals surface area contributed by atoms with Crippen molar-refractivity contribution in [3.8, 4) is 5.69 Å². The topological polar surface area (TPSA) is 55.1 Å². The van der Waals surface area contributed by atoms with E-state index in [2.05, 4.69) is 5.10 Å². The number of rotatable bonds is 4. The van der Waals surface area contributed by atoms with Crippen molar-refractivity contribution < 1.29 is 14.3 Å². The standard InChI is InChI=1S/C13H13FN2O2/c1-9-10(6-7-13(17)18)8-16(15-9)12-5-3-2-4-11(12)14/h2-5,8H,6-7H2,1H3,(H,17,18). The van der Waals surface area contributed by atoms with Gasteiger partial charge in [-0.25, -0.2) is 9.07 Å². The zero-order valence-electron chi connectivity index (χ0n) is 9.93. The summed E-state index contributed by atoms with van der Waals surface area (Å²) in [6.45, 7) is 1.79. The first-order valence-electron chi connectivity index (χ1n) is 5.60. The smallest absolute Gasteiger partial charge is 0.303 e. The lowest BCUT2D eigenvalue weighted by Gasteiger charge is -2.01. The molecule has 0 atom stereocenters. The molecule has 0 aliphatic rings. The second-order valence-electron chi connectivity index (χ2n) is 4.03. The van der Waals surface area contributed by atoms with E-state index in [1.807, 2.05) is 0 Å². The molecule has 0 amide bonds. The molecule has 0 saturated carbocycles. The summed E-state index contributed by atoms with van der Waals surface area (Å²) in [5, 5.41) is 12.8. The fourth-order valence-corrected chi connectivity index (χ4v) is 1.74. The first-order valence-corrected chi connectivity index (χ1v) is 5.60. The van der Waals surface area contributed by atoms with Crippen molar-refractivity contribution in [2.24, 2.45) is 0 Å². The minimum atomic E-state index is -0.854. The largest absolute Gasteiger partial charge is 0.481 e. The van der Waals surface area contributed by atoms with Crippen LogP contribution in [0.15, 0.2) is 30.5 Å². The monoisotopic (exact) mass is 248 g/mol. The molecule has 94 valence electrons. The van der Waals surface area contributed by atoms with Crippen LogP contribution in [0, 0.1) is 12.7 Å². The van der Waals surface area contributed by atoms with Crippen molar-refractivity contribution >= 4 is 5.97 Å². The minimum absolute atomic E-state index is 0.0454. The van der Waals surface area contributed by atoms with Gasteiger partial charge in [0, 0.05) is 12.6 Å². The molecule has 0 aliphatic carbocycles. The van der Waals surface area contributed by atoms with Gasteiger partial charge in [-0.1, -0.05) is 12.1 Å². The highest BCUT2D eigenvalue weighted by Crippen LogP contribution is 2.16. The van der Waals surface area contributed by atoms with Crippen LogP contribution in [-0.4, -0.2) is 20.9 Å². The van der Waals surface area contributed by atoms with Crippen LogP contribution in [0.3, 0.4) is 0 Å². The molecule has 0 fully saturated rings. The lowest BCUT2D eigenvalue weighted by molar-refractivity contribution is -0.136. The van der Waals surface area contributed by atoms with Crippen LogP contribution in [0.25, 0.3) is 5.69 Å². The fourth-order valence-electron chi connectivity index (χ4n) is 1.74. The van der Waals surface area contributed by atoms with Gasteiger partial charge in [0.15, 0.2) is 0 Å². The minimum Gasteiger partial charge on any atom is -0.481 e. The summed E-state index contributed by atoms with van der Waals surface area (Å²) in [5.74, 6) is -1.21. The average molecular weight is 248 g/mol. The molecular weight excluding hydrogens is 235 g/mol. The van der Waals surface area contributed by atoms with Crippen LogP contribution in [0.4, 0.5) is 4.39 Å². The molecule has 1 heterocycles. The number of halogens is 1. The predicted molar refractivity (Wildman–Crippen MR) is 64.2 cm³/mol. The number of para-hydroxylation sites is 1. The molecule has 1 aromatic carbocycles. The van der Waals surface area contributed by atoms with Crippen molar-refractivity contribution in [1.29, 1.82) is 0 Å². The van der Waals surface area contributed by atoms with Gasteiger partial charge in [-0.2, -0.15) is 5.10 Å². The van der Waals surface area contributed by atoms with Gasteiger partial charge in [0.25, 0.3) is 0 Å². The molecule has 0 saturated heterocycles. The maximum atomic E-state index is 13.6. The number of carboxylic acids is 1. The summed E-state index contributed by atoms with van der Waals surface area (Å²) in [6, 6.07) is 6.33. The molecule has 0 aliphatic heterocycles. The first kappa shape index (κ1) is 12.3. The summed E-state index contributed by atoms with van der Waals surface area (Å²) >= 11 is 0. The molecule has 0 unspecified atom stereocenters. The van der Waals surface area contributed by atoms with E-state index < -0.39 is 5.97 Å². The van der Waals surface area contributed by atoms with E-state index in [0.29, 0.717) is 12.1 Å². The van der Waals surface area contributed by atoms with Gasteiger partial charge in [0.2, 0.25) is 0 Å². The zero-order valence-corrected chi connectivity index (χ0v) is 9.93. The lowest BCUT2D eigenvalue weighted by atomic mass is 10.1. The first-order chi connectivity index (χ1) is 8.58. The van der Waals surface area contributed by atoms with Crippen LogP contribution >= 0.6 is 0 Å². The van der Waals surface area contributed by atoms with E-state index in [0.717, 1.165) is 11.3 Å². The Kier molecular flexibility index (Phi) is 3.41. The van der Waals surface area contributed by atoms with Crippen molar-refractivity contribution in [3.63, 3.8) is 0 Å². The molecule has 4 nitrogen and oxygen atoms in total. The molecule has 2 aromatic rings. The van der Waals surface area contributed by atoms with E-state index in [-0.39, 0.29) is 12.2 Å². The quantitative estimate of drug-likeness (QED) is 0.903. The molecule has 0 radical (unpaired) electrons. The third kappa shape index (κ3) is 2.56. The summed E-state index contributed by atoms with van der Waals surface area (Å²) in [6.07, 6.45) is 2.12. The maximum Gasteiger partial charge on any atom is 0.303 e. The molecule has 1 N–H and O–H groups in total. The van der Waals surface area contributed by atoms with E-state index in [1.165, 1.54) is 10.7 Å². The van der Waals surface area contributed by atoms with Crippen molar-refractivity contribution in [2.45, 2.75) is 19.8 Å². The normalized spacial score (nSPS) is 10.6. The molecule has 0 spiro atoms. The number of nitrogens with zero attached hydrogens (tertiary/aromatic N) is 2. The Balaban J connectivity index is 2.29. The van der Waals surface area contributed by atoms with E-state index >= 15 is 0 Å². The van der Waals surface area contributed by atoms with Crippen LogP contribution in [0.5, 0.6) is 0 Å². The summed E-state index contributed by atoms with van der Waals surface area (Å²) in [7, 11) is 0. The second-order valence-corrected chi connectivity index (χ2v) is 4.03. The van der Waals surface area contributed by atoms with Crippen molar-refractivity contribution in [3.05, 3.63) is 47.5 Å². The SMILES string of the molecule is Cc1nn(-c2ccccc2F)cc1CCC(=O)O. The highest BCUT2D eigenvalue weighted by Gasteiger charge is 2.10. The third-order valence-electron chi connectivity index (χ3n) is 2.71. The van der Waals surface area contributed by atoms with Crippen LogP contribution in [0.1, 0.15) is 17.7 Å². The molecular formula is C13H13FN2O2. The Hall–Kier alpha value is -2.17. The Morgan fingerprint density at radius 2 is 2.17 bits per heavy atom. The number of aryl methyl sites for hydroxylation is 2. The molecule has 0 bridgehead atoms. The summed E-state index contributed by atoms with van der Waals surface area (Å²) in [4.78, 5) is 10.5. The van der Waals surface area contributed by atoms with Gasteiger partial charge in [-0.15, -0.1) is 0 Å². The third-order valence-corrected chi connectivity index (χ3v) is 2.71. The second kappa shape index (κ2) is 5.00.